The van der Waals surface area contributed by atoms with E-state index >= 15 is 0 Å². The summed E-state index contributed by atoms with van der Waals surface area (Å²) in [5, 5.41) is 2.75. The summed E-state index contributed by atoms with van der Waals surface area (Å²) < 4.78 is 38.1. The van der Waals surface area contributed by atoms with Gasteiger partial charge in [-0.25, -0.2) is 8.60 Å². The molecule has 1 atom stereocenters. The molecule has 0 aliphatic heterocycles. The minimum absolute atomic E-state index is 0.0592. The molecule has 5 nitrogen and oxygen atoms in total. The van der Waals surface area contributed by atoms with Crippen LogP contribution in [0.2, 0.25) is 0 Å². The first-order valence-electron chi connectivity index (χ1n) is 7.83. The van der Waals surface area contributed by atoms with E-state index in [1.165, 1.54) is 12.1 Å². The molecule has 0 saturated heterocycles. The molecule has 0 saturated carbocycles. The monoisotopic (exact) mass is 365 g/mol. The lowest BCUT2D eigenvalue weighted by molar-refractivity contribution is -0.126. The Kier molecular flexibility index (Phi) is 7.72. The van der Waals surface area contributed by atoms with Gasteiger partial charge in [-0.2, -0.15) is 0 Å². The highest BCUT2D eigenvalue weighted by Crippen LogP contribution is 2.10. The first kappa shape index (κ1) is 19.2. The van der Waals surface area contributed by atoms with Gasteiger partial charge < -0.3 is 14.6 Å². The minimum atomic E-state index is -1.98. The highest BCUT2D eigenvalue weighted by molar-refractivity contribution is 7.79. The average molecular weight is 365 g/mol. The van der Waals surface area contributed by atoms with Crippen LogP contribution in [-0.4, -0.2) is 27.8 Å². The molecule has 1 amide bonds. The SMILES string of the molecule is O=C(COCc1ccc(F)cc1)NCCCc1cccc(S(=O)O)c1. The van der Waals surface area contributed by atoms with Crippen molar-refractivity contribution in [3.8, 4) is 0 Å². The predicted molar refractivity (Wildman–Crippen MR) is 92.9 cm³/mol. The fourth-order valence-electron chi connectivity index (χ4n) is 2.22. The Labute approximate surface area is 148 Å². The number of nitrogens with one attached hydrogen (secondary N) is 1. The standard InChI is InChI=1S/C18H20FNO4S/c19-16-8-6-15(7-9-16)12-24-13-18(21)20-10-2-4-14-3-1-5-17(11-14)25(22)23/h1,3,5-9,11H,2,4,10,12-13H2,(H,20,21)(H,22,23). The maximum absolute atomic E-state index is 12.8. The van der Waals surface area contributed by atoms with Gasteiger partial charge in [-0.3, -0.25) is 4.79 Å². The number of carbonyl (C=O) groups excluding carboxylic acids is 1. The second kappa shape index (κ2) is 10.0. The van der Waals surface area contributed by atoms with E-state index in [0.29, 0.717) is 24.3 Å². The van der Waals surface area contributed by atoms with Crippen molar-refractivity contribution in [2.24, 2.45) is 0 Å². The van der Waals surface area contributed by atoms with E-state index in [1.807, 2.05) is 6.07 Å². The van der Waals surface area contributed by atoms with Crippen LogP contribution in [0.25, 0.3) is 0 Å². The molecule has 0 fully saturated rings. The topological polar surface area (TPSA) is 75.6 Å². The van der Waals surface area contributed by atoms with Crippen molar-refractivity contribution in [3.05, 3.63) is 65.5 Å². The van der Waals surface area contributed by atoms with Crippen molar-refractivity contribution in [1.29, 1.82) is 0 Å². The molecule has 2 aromatic carbocycles. The summed E-state index contributed by atoms with van der Waals surface area (Å²) in [7, 11) is 0. The number of hydrogen-bond donors (Lipinski definition) is 2. The van der Waals surface area contributed by atoms with Crippen molar-refractivity contribution in [1.82, 2.24) is 5.32 Å². The van der Waals surface area contributed by atoms with Gasteiger partial charge >= 0.3 is 0 Å². The minimum Gasteiger partial charge on any atom is -0.367 e. The summed E-state index contributed by atoms with van der Waals surface area (Å²) in [6, 6.07) is 12.8. The third-order valence-electron chi connectivity index (χ3n) is 3.48. The summed E-state index contributed by atoms with van der Waals surface area (Å²) in [5.74, 6) is -0.524. The fraction of sp³-hybridized carbons (Fsp3) is 0.278. The molecule has 25 heavy (non-hydrogen) atoms. The molecule has 7 heteroatoms. The predicted octanol–water partition coefficient (Wildman–Crippen LogP) is 2.67. The smallest absolute Gasteiger partial charge is 0.246 e. The maximum Gasteiger partial charge on any atom is 0.246 e. The number of ether oxygens (including phenoxy) is 1. The lowest BCUT2D eigenvalue weighted by Gasteiger charge is -2.07. The molecule has 0 aliphatic rings. The summed E-state index contributed by atoms with van der Waals surface area (Å²) >= 11 is -1.98. The van der Waals surface area contributed by atoms with Gasteiger partial charge in [0.05, 0.1) is 11.5 Å². The molecule has 0 aromatic heterocycles. The molecule has 0 heterocycles. The highest BCUT2D eigenvalue weighted by Gasteiger charge is 2.03. The Bertz CT molecular complexity index is 721. The van der Waals surface area contributed by atoms with Crippen LogP contribution in [-0.2, 0) is 33.6 Å². The van der Waals surface area contributed by atoms with Gasteiger partial charge in [-0.15, -0.1) is 0 Å². The van der Waals surface area contributed by atoms with Gasteiger partial charge in [0, 0.05) is 6.54 Å². The van der Waals surface area contributed by atoms with Crippen LogP contribution in [0.1, 0.15) is 17.5 Å². The normalized spacial score (nSPS) is 11.9. The molecule has 2 rings (SSSR count). The van der Waals surface area contributed by atoms with Crippen LogP contribution in [0.5, 0.6) is 0 Å². The van der Waals surface area contributed by atoms with Crippen molar-refractivity contribution in [2.75, 3.05) is 13.2 Å². The molecule has 0 spiro atoms. The van der Waals surface area contributed by atoms with E-state index in [4.69, 9.17) is 9.29 Å². The van der Waals surface area contributed by atoms with Gasteiger partial charge in [0.15, 0.2) is 11.1 Å². The van der Waals surface area contributed by atoms with Gasteiger partial charge in [-0.1, -0.05) is 24.3 Å². The van der Waals surface area contributed by atoms with E-state index in [1.54, 1.807) is 30.3 Å². The number of rotatable bonds is 9. The van der Waals surface area contributed by atoms with Gasteiger partial charge in [0.2, 0.25) is 5.91 Å². The zero-order chi connectivity index (χ0) is 18.1. The second-order valence-corrected chi connectivity index (χ2v) is 6.44. The lowest BCUT2D eigenvalue weighted by atomic mass is 10.1. The Balaban J connectivity index is 1.61. The van der Waals surface area contributed by atoms with E-state index in [9.17, 15) is 13.4 Å². The number of hydrogen-bond acceptors (Lipinski definition) is 3. The van der Waals surface area contributed by atoms with Crippen LogP contribution in [0.3, 0.4) is 0 Å². The Morgan fingerprint density at radius 3 is 2.64 bits per heavy atom. The largest absolute Gasteiger partial charge is 0.367 e. The van der Waals surface area contributed by atoms with Crippen LogP contribution < -0.4 is 5.32 Å². The Hall–Kier alpha value is -2.09. The van der Waals surface area contributed by atoms with Gasteiger partial charge in [0.25, 0.3) is 0 Å². The van der Waals surface area contributed by atoms with Gasteiger partial charge in [0.1, 0.15) is 12.4 Å². The first-order valence-corrected chi connectivity index (χ1v) is 8.94. The van der Waals surface area contributed by atoms with Gasteiger partial charge in [-0.05, 0) is 48.2 Å². The fourth-order valence-corrected chi connectivity index (χ4v) is 2.67. The molecule has 0 bridgehead atoms. The summed E-state index contributed by atoms with van der Waals surface area (Å²) in [4.78, 5) is 12.0. The number of halogens is 1. The molecule has 0 radical (unpaired) electrons. The van der Waals surface area contributed by atoms with Crippen LogP contribution >= 0.6 is 0 Å². The summed E-state index contributed by atoms with van der Waals surface area (Å²) in [6.07, 6.45) is 1.41. The molecule has 134 valence electrons. The number of amides is 1. The van der Waals surface area contributed by atoms with E-state index < -0.39 is 11.1 Å². The maximum atomic E-state index is 12.8. The van der Waals surface area contributed by atoms with Crippen LogP contribution in [0, 0.1) is 5.82 Å². The van der Waals surface area contributed by atoms with Crippen LogP contribution in [0.4, 0.5) is 4.39 Å². The molecule has 1 unspecified atom stereocenters. The summed E-state index contributed by atoms with van der Waals surface area (Å²) in [6.45, 7) is 0.681. The van der Waals surface area contributed by atoms with Crippen LogP contribution in [0.15, 0.2) is 53.4 Å². The summed E-state index contributed by atoms with van der Waals surface area (Å²) in [5.41, 5.74) is 1.75. The third kappa shape index (κ3) is 7.13. The van der Waals surface area contributed by atoms with Crippen molar-refractivity contribution >= 4 is 17.0 Å². The lowest BCUT2D eigenvalue weighted by Crippen LogP contribution is -2.28. The second-order valence-electron chi connectivity index (χ2n) is 5.47. The molecule has 2 N–H and O–H groups in total. The van der Waals surface area contributed by atoms with E-state index in [0.717, 1.165) is 11.1 Å². The molecule has 0 aliphatic carbocycles. The van der Waals surface area contributed by atoms with Crippen molar-refractivity contribution in [2.45, 2.75) is 24.3 Å². The Morgan fingerprint density at radius 1 is 1.16 bits per heavy atom. The highest BCUT2D eigenvalue weighted by atomic mass is 32.2. The van der Waals surface area contributed by atoms with E-state index in [-0.39, 0.29) is 24.9 Å². The third-order valence-corrected chi connectivity index (χ3v) is 4.14. The zero-order valence-corrected chi connectivity index (χ0v) is 14.4. The van der Waals surface area contributed by atoms with Crippen molar-refractivity contribution in [3.63, 3.8) is 0 Å². The first-order chi connectivity index (χ1) is 12.0. The number of benzene rings is 2. The Morgan fingerprint density at radius 2 is 1.92 bits per heavy atom. The number of aryl methyl sites for hydroxylation is 1. The quantitative estimate of drug-likeness (QED) is 0.529. The zero-order valence-electron chi connectivity index (χ0n) is 13.6. The molecular formula is C18H20FNO4S. The molecule has 2 aromatic rings. The molecular weight excluding hydrogens is 345 g/mol. The number of carbonyl (C=O) groups is 1. The average Bonchev–Trinajstić information content (AvgIpc) is 2.61. The van der Waals surface area contributed by atoms with Crippen molar-refractivity contribution < 1.29 is 22.7 Å². The van der Waals surface area contributed by atoms with E-state index in [2.05, 4.69) is 5.32 Å².